The summed E-state index contributed by atoms with van der Waals surface area (Å²) < 4.78 is 9.95. The minimum absolute atomic E-state index is 0.0644. The van der Waals surface area contributed by atoms with E-state index < -0.39 is 0 Å². The number of nitrogens with zero attached hydrogens (tertiary/aromatic N) is 6. The molecule has 0 saturated heterocycles. The minimum Gasteiger partial charge on any atom is -0.488 e. The molecule has 3 heterocycles. The maximum atomic E-state index is 12.5. The molecule has 9 nitrogen and oxygen atoms in total. The van der Waals surface area contributed by atoms with Crippen LogP contribution in [0.25, 0.3) is 11.5 Å². The third-order valence-electron chi connectivity index (χ3n) is 4.64. The number of amides is 1. The fourth-order valence-electron chi connectivity index (χ4n) is 2.97. The molecule has 158 valence electrons. The molecule has 10 heteroatoms. The topological polar surface area (TPSA) is 117 Å². The van der Waals surface area contributed by atoms with Gasteiger partial charge >= 0.3 is 0 Å². The van der Waals surface area contributed by atoms with Gasteiger partial charge in [-0.2, -0.15) is 14.6 Å². The number of nitrogens with one attached hydrogen (secondary N) is 1. The molecule has 0 atom stereocenters. The molecule has 1 aliphatic rings. The van der Waals surface area contributed by atoms with Crippen LogP contribution in [0.3, 0.4) is 0 Å². The van der Waals surface area contributed by atoms with Gasteiger partial charge in [-0.1, -0.05) is 0 Å². The summed E-state index contributed by atoms with van der Waals surface area (Å²) in [5, 5.41) is 13.1. The average Bonchev–Trinajstić information content (AvgIpc) is 3.52. The number of rotatable bonds is 7. The molecule has 0 bridgehead atoms. The lowest BCUT2D eigenvalue weighted by molar-refractivity contribution is -0.119. The molecule has 4 rings (SSSR count). The van der Waals surface area contributed by atoms with Crippen LogP contribution in [0.5, 0.6) is 5.75 Å². The second kappa shape index (κ2) is 8.65. The summed E-state index contributed by atoms with van der Waals surface area (Å²) in [5.41, 5.74) is 1.52. The monoisotopic (exact) mass is 435 g/mol. The van der Waals surface area contributed by atoms with Crippen molar-refractivity contribution in [3.63, 3.8) is 0 Å². The predicted molar refractivity (Wildman–Crippen MR) is 117 cm³/mol. The van der Waals surface area contributed by atoms with Crippen LogP contribution < -0.4 is 15.0 Å². The Morgan fingerprint density at radius 3 is 2.90 bits per heavy atom. The first-order valence-corrected chi connectivity index (χ1v) is 10.6. The zero-order chi connectivity index (χ0) is 22.0. The van der Waals surface area contributed by atoms with E-state index in [2.05, 4.69) is 30.7 Å². The third-order valence-corrected chi connectivity index (χ3v) is 5.27. The lowest BCUT2D eigenvalue weighted by Gasteiger charge is -2.19. The van der Waals surface area contributed by atoms with E-state index in [1.54, 1.807) is 30.3 Å². The predicted octanol–water partition coefficient (Wildman–Crippen LogP) is 3.77. The summed E-state index contributed by atoms with van der Waals surface area (Å²) in [6.07, 6.45) is 4.97. The molecule has 3 aromatic heterocycles. The molecule has 1 aliphatic carbocycles. The summed E-state index contributed by atoms with van der Waals surface area (Å²) in [6, 6.07) is 7.36. The highest BCUT2D eigenvalue weighted by atomic mass is 32.1. The molecule has 1 saturated carbocycles. The van der Waals surface area contributed by atoms with Gasteiger partial charge in [0.1, 0.15) is 11.8 Å². The minimum atomic E-state index is -0.0644. The summed E-state index contributed by atoms with van der Waals surface area (Å²) in [6.45, 7) is 3.77. The Kier molecular flexibility index (Phi) is 5.77. The van der Waals surface area contributed by atoms with Crippen LogP contribution in [-0.2, 0) is 4.79 Å². The van der Waals surface area contributed by atoms with Gasteiger partial charge < -0.3 is 15.0 Å². The van der Waals surface area contributed by atoms with Gasteiger partial charge in [0.25, 0.3) is 0 Å². The van der Waals surface area contributed by atoms with Gasteiger partial charge in [-0.25, -0.2) is 9.97 Å². The zero-order valence-corrected chi connectivity index (χ0v) is 18.2. The Bertz CT molecular complexity index is 1150. The van der Waals surface area contributed by atoms with Crippen molar-refractivity contribution in [3.05, 3.63) is 36.2 Å². The van der Waals surface area contributed by atoms with E-state index in [0.717, 1.165) is 24.4 Å². The molecule has 1 fully saturated rings. The van der Waals surface area contributed by atoms with Crippen LogP contribution in [0.4, 0.5) is 16.6 Å². The number of ether oxygens (including phenoxy) is 1. The Morgan fingerprint density at radius 2 is 2.19 bits per heavy atom. The van der Waals surface area contributed by atoms with Crippen molar-refractivity contribution in [2.75, 3.05) is 17.3 Å². The second-order valence-corrected chi connectivity index (χ2v) is 8.19. The van der Waals surface area contributed by atoms with Crippen molar-refractivity contribution in [1.82, 2.24) is 19.3 Å². The van der Waals surface area contributed by atoms with E-state index in [4.69, 9.17) is 4.74 Å². The van der Waals surface area contributed by atoms with Crippen molar-refractivity contribution in [2.24, 2.45) is 5.92 Å². The summed E-state index contributed by atoms with van der Waals surface area (Å²) in [7, 11) is 1.75. The Labute approximate surface area is 183 Å². The number of anilines is 3. The molecule has 3 aromatic rings. The number of aromatic nitrogens is 4. The molecule has 0 spiro atoms. The first-order valence-electron chi connectivity index (χ1n) is 9.86. The van der Waals surface area contributed by atoms with Crippen molar-refractivity contribution >= 4 is 34.1 Å². The van der Waals surface area contributed by atoms with E-state index in [9.17, 15) is 10.1 Å². The molecule has 0 aromatic carbocycles. The lowest BCUT2D eigenvalue weighted by Crippen LogP contribution is -2.28. The first kappa shape index (κ1) is 20.7. The highest BCUT2D eigenvalue weighted by Gasteiger charge is 2.33. The smallest absolute Gasteiger partial charge is 0.229 e. The van der Waals surface area contributed by atoms with E-state index in [1.165, 1.54) is 6.20 Å². The number of nitriles is 1. The highest BCUT2D eigenvalue weighted by molar-refractivity contribution is 7.09. The second-order valence-electron chi connectivity index (χ2n) is 7.43. The van der Waals surface area contributed by atoms with Gasteiger partial charge in [0.15, 0.2) is 17.4 Å². The largest absolute Gasteiger partial charge is 0.488 e. The summed E-state index contributed by atoms with van der Waals surface area (Å²) >= 11 is 1.15. The average molecular weight is 436 g/mol. The number of pyridine rings is 2. The van der Waals surface area contributed by atoms with Crippen molar-refractivity contribution in [2.45, 2.75) is 32.8 Å². The standard InChI is InChI=1S/C21H21N7O2S/c1-12(2)30-17-11-24-15(9-14(17)10-22)18-25-21(31-27-18)26-19-16(5-4-8-23-19)28(3)20(29)13-6-7-13/h4-5,8-9,11-13H,6-7H2,1-3H3,(H,23,25,26,27). The number of carbonyl (C=O) groups excluding carboxylic acids is 1. The van der Waals surface area contributed by atoms with Gasteiger partial charge in [0.2, 0.25) is 11.0 Å². The van der Waals surface area contributed by atoms with Crippen LogP contribution >= 0.6 is 11.5 Å². The van der Waals surface area contributed by atoms with Gasteiger partial charge in [-0.3, -0.25) is 4.79 Å². The zero-order valence-electron chi connectivity index (χ0n) is 17.4. The molecule has 1 amide bonds. The first-order chi connectivity index (χ1) is 15.0. The fourth-order valence-corrected chi connectivity index (χ4v) is 3.54. The van der Waals surface area contributed by atoms with Gasteiger partial charge in [0, 0.05) is 30.7 Å². The van der Waals surface area contributed by atoms with Crippen LogP contribution in [0.15, 0.2) is 30.6 Å². The molecule has 0 radical (unpaired) electrons. The van der Waals surface area contributed by atoms with Crippen molar-refractivity contribution in [1.29, 1.82) is 5.26 Å². The Hall–Kier alpha value is -3.58. The number of hydrogen-bond donors (Lipinski definition) is 1. The van der Waals surface area contributed by atoms with E-state index in [1.807, 2.05) is 19.9 Å². The number of hydrogen-bond acceptors (Lipinski definition) is 9. The Balaban J connectivity index is 1.56. The van der Waals surface area contributed by atoms with Crippen LogP contribution in [0.2, 0.25) is 0 Å². The SMILES string of the molecule is CC(C)Oc1cnc(-c2nsc(Nc3ncccc3N(C)C(=O)C3CC3)n2)cc1C#N. The maximum Gasteiger partial charge on any atom is 0.229 e. The molecular formula is C21H21N7O2S. The number of carbonyl (C=O) groups is 1. The molecular weight excluding hydrogens is 414 g/mol. The van der Waals surface area contributed by atoms with Crippen molar-refractivity contribution < 1.29 is 9.53 Å². The van der Waals surface area contributed by atoms with E-state index >= 15 is 0 Å². The third kappa shape index (κ3) is 4.62. The molecule has 0 aliphatic heterocycles. The van der Waals surface area contributed by atoms with E-state index in [-0.39, 0.29) is 17.9 Å². The van der Waals surface area contributed by atoms with Gasteiger partial charge in [0.05, 0.1) is 23.6 Å². The molecule has 0 unspecified atom stereocenters. The quantitative estimate of drug-likeness (QED) is 0.596. The highest BCUT2D eigenvalue weighted by Crippen LogP contribution is 2.35. The summed E-state index contributed by atoms with van der Waals surface area (Å²) in [4.78, 5) is 27.3. The Morgan fingerprint density at radius 1 is 1.39 bits per heavy atom. The lowest BCUT2D eigenvalue weighted by atomic mass is 10.2. The summed E-state index contributed by atoms with van der Waals surface area (Å²) in [5.74, 6) is 1.53. The maximum absolute atomic E-state index is 12.5. The van der Waals surface area contributed by atoms with Gasteiger partial charge in [-0.15, -0.1) is 0 Å². The van der Waals surface area contributed by atoms with Crippen molar-refractivity contribution in [3.8, 4) is 23.3 Å². The van der Waals surface area contributed by atoms with Crippen LogP contribution in [-0.4, -0.2) is 38.4 Å². The normalized spacial score (nSPS) is 13.0. The van der Waals surface area contributed by atoms with E-state index in [0.29, 0.717) is 39.5 Å². The van der Waals surface area contributed by atoms with Crippen LogP contribution in [0, 0.1) is 17.2 Å². The fraction of sp³-hybridized carbons (Fsp3) is 0.333. The molecule has 1 N–H and O–H groups in total. The molecule has 31 heavy (non-hydrogen) atoms. The van der Waals surface area contributed by atoms with Gasteiger partial charge in [-0.05, 0) is 44.9 Å². The van der Waals surface area contributed by atoms with Crippen LogP contribution in [0.1, 0.15) is 32.3 Å².